The van der Waals surface area contributed by atoms with E-state index in [4.69, 9.17) is 14.2 Å². The van der Waals surface area contributed by atoms with Crippen molar-refractivity contribution in [2.24, 2.45) is 40.4 Å². The molecule has 0 fully saturated rings. The number of nitrogens with one attached hydrogen (secondary N) is 3. The molecule has 392 valence electrons. The van der Waals surface area contributed by atoms with Crippen LogP contribution in [0, 0.1) is 40.4 Å². The molecule has 0 bridgehead atoms. The van der Waals surface area contributed by atoms with Gasteiger partial charge < -0.3 is 30.2 Å². The van der Waals surface area contributed by atoms with Gasteiger partial charge in [-0.2, -0.15) is 0 Å². The largest absolute Gasteiger partial charge is 0.383 e. The third-order valence-corrected chi connectivity index (χ3v) is 10.3. The average Bonchev–Trinajstić information content (AvgIpc) is 3.21. The Kier molecular flexibility index (Phi) is 41.1. The minimum absolute atomic E-state index is 0.0132. The summed E-state index contributed by atoms with van der Waals surface area (Å²) in [6, 6.07) is 0. The van der Waals surface area contributed by atoms with Crippen molar-refractivity contribution in [2.45, 2.75) is 193 Å². The molecule has 0 aliphatic carbocycles. The second kappa shape index (κ2) is 40.5. The molecule has 0 aliphatic heterocycles. The first-order chi connectivity index (χ1) is 31.1. The molecule has 3 amide bonds. The van der Waals surface area contributed by atoms with Gasteiger partial charge in [0.05, 0.1) is 39.0 Å². The van der Waals surface area contributed by atoms with E-state index in [9.17, 15) is 38.4 Å². The number of ketones is 5. The lowest BCUT2D eigenvalue weighted by atomic mass is 9.89. The van der Waals surface area contributed by atoms with Crippen LogP contribution in [0.5, 0.6) is 0 Å². The van der Waals surface area contributed by atoms with Crippen LogP contribution < -0.4 is 16.0 Å². The molecule has 14 nitrogen and oxygen atoms in total. The molecular formula is C53H99N3O11. The molecule has 0 aromatic carbocycles. The Bertz CT molecular complexity index is 1390. The smallest absolute Gasteiger partial charge is 0.224 e. The van der Waals surface area contributed by atoms with E-state index in [1.54, 1.807) is 21.0 Å². The SMILES string of the molecule is CC(C)C(=O)CCCC(=O)CCOCCNC(=O)CCC(C)(C)C.CC(C)CCCC(=O)CCOCCNC(=O)CCC(C)(C)C.COCCNC(=O)C(CC(=O)CC(C)C)CC(=O)C(C)C. The van der Waals surface area contributed by atoms with Gasteiger partial charge in [0.2, 0.25) is 17.7 Å². The maximum atomic E-state index is 12.1. The van der Waals surface area contributed by atoms with Gasteiger partial charge in [0, 0.05) is 103 Å². The van der Waals surface area contributed by atoms with E-state index in [0.29, 0.717) is 116 Å². The van der Waals surface area contributed by atoms with E-state index in [1.807, 2.05) is 27.7 Å². The topological polar surface area (TPSA) is 200 Å². The number of carbonyl (C=O) groups excluding carboxylic acids is 8. The monoisotopic (exact) mass is 954 g/mol. The number of hydrogen-bond acceptors (Lipinski definition) is 11. The first-order valence-corrected chi connectivity index (χ1v) is 25.2. The normalized spacial score (nSPS) is 11.9. The van der Waals surface area contributed by atoms with Crippen molar-refractivity contribution in [3.8, 4) is 0 Å². The lowest BCUT2D eigenvalue weighted by Gasteiger charge is -2.17. The second-order valence-corrected chi connectivity index (χ2v) is 21.5. The fourth-order valence-corrected chi connectivity index (χ4v) is 5.93. The number of ether oxygens (including phenoxy) is 3. The molecule has 0 aromatic rings. The minimum atomic E-state index is -0.567. The van der Waals surface area contributed by atoms with Gasteiger partial charge in [-0.05, 0) is 48.3 Å². The van der Waals surface area contributed by atoms with Gasteiger partial charge in [-0.25, -0.2) is 0 Å². The summed E-state index contributed by atoms with van der Waals surface area (Å²) < 4.78 is 15.6. The molecule has 0 saturated heterocycles. The molecule has 14 heteroatoms. The summed E-state index contributed by atoms with van der Waals surface area (Å²) in [6.45, 7) is 31.8. The van der Waals surface area contributed by atoms with Crippen LogP contribution in [0.3, 0.4) is 0 Å². The van der Waals surface area contributed by atoms with Gasteiger partial charge >= 0.3 is 0 Å². The predicted molar refractivity (Wildman–Crippen MR) is 269 cm³/mol. The zero-order valence-corrected chi connectivity index (χ0v) is 45.1. The molecule has 3 N–H and O–H groups in total. The van der Waals surface area contributed by atoms with Gasteiger partial charge in [-0.1, -0.05) is 103 Å². The first-order valence-electron chi connectivity index (χ1n) is 25.2. The molecule has 0 rings (SSSR count). The predicted octanol–water partition coefficient (Wildman–Crippen LogP) is 9.02. The summed E-state index contributed by atoms with van der Waals surface area (Å²) >= 11 is 0. The number of hydrogen-bond donors (Lipinski definition) is 3. The Hall–Kier alpha value is -3.36. The lowest BCUT2D eigenvalue weighted by molar-refractivity contribution is -0.133. The molecule has 0 saturated carbocycles. The Labute approximate surface area is 407 Å². The van der Waals surface area contributed by atoms with Crippen molar-refractivity contribution in [1.82, 2.24) is 16.0 Å². The Morgan fingerprint density at radius 2 is 0.896 bits per heavy atom. The van der Waals surface area contributed by atoms with E-state index in [1.165, 1.54) is 0 Å². The Balaban J connectivity index is -0.000000919. The second-order valence-electron chi connectivity index (χ2n) is 21.5. The molecule has 67 heavy (non-hydrogen) atoms. The quantitative estimate of drug-likeness (QED) is 0.0506. The van der Waals surface area contributed by atoms with E-state index in [0.717, 1.165) is 25.7 Å². The number of carbonyl (C=O) groups is 8. The van der Waals surface area contributed by atoms with Crippen molar-refractivity contribution in [1.29, 1.82) is 0 Å². The summed E-state index contributed by atoms with van der Waals surface area (Å²) in [6.07, 6.45) is 8.64. The fraction of sp³-hybridized carbons (Fsp3) is 0.849. The van der Waals surface area contributed by atoms with Gasteiger partial charge in [0.25, 0.3) is 0 Å². The van der Waals surface area contributed by atoms with E-state index < -0.39 is 5.92 Å². The van der Waals surface area contributed by atoms with Crippen molar-refractivity contribution in [2.75, 3.05) is 59.8 Å². The van der Waals surface area contributed by atoms with Crippen molar-refractivity contribution in [3.63, 3.8) is 0 Å². The highest BCUT2D eigenvalue weighted by atomic mass is 16.5. The Morgan fingerprint density at radius 3 is 1.30 bits per heavy atom. The van der Waals surface area contributed by atoms with Crippen molar-refractivity contribution in [3.05, 3.63) is 0 Å². The van der Waals surface area contributed by atoms with E-state index >= 15 is 0 Å². The van der Waals surface area contributed by atoms with Crippen LogP contribution in [0.15, 0.2) is 0 Å². The van der Waals surface area contributed by atoms with E-state index in [-0.39, 0.29) is 88.1 Å². The van der Waals surface area contributed by atoms with Gasteiger partial charge in [-0.3, -0.25) is 38.4 Å². The van der Waals surface area contributed by atoms with Crippen LogP contribution in [-0.4, -0.2) is 106 Å². The first kappa shape index (κ1) is 67.9. The van der Waals surface area contributed by atoms with Crippen LogP contribution in [0.1, 0.15) is 193 Å². The molecule has 0 heterocycles. The lowest BCUT2D eigenvalue weighted by Crippen LogP contribution is -2.36. The fourth-order valence-electron chi connectivity index (χ4n) is 5.93. The van der Waals surface area contributed by atoms with Crippen LogP contribution in [0.25, 0.3) is 0 Å². The van der Waals surface area contributed by atoms with Crippen LogP contribution >= 0.6 is 0 Å². The molecule has 0 radical (unpaired) electrons. The number of amides is 3. The van der Waals surface area contributed by atoms with Crippen LogP contribution in [-0.2, 0) is 52.6 Å². The highest BCUT2D eigenvalue weighted by Crippen LogP contribution is 2.21. The van der Waals surface area contributed by atoms with Crippen molar-refractivity contribution >= 4 is 46.6 Å². The van der Waals surface area contributed by atoms with Crippen molar-refractivity contribution < 1.29 is 52.6 Å². The Morgan fingerprint density at radius 1 is 0.448 bits per heavy atom. The number of Topliss-reactive ketones (excluding diaryl/α,β-unsaturated/α-hetero) is 5. The standard InChI is InChI=1S/C19H35NO4.C18H35NO3.C16H29NO4/c1-15(2)17(22)8-6-7-16(21)10-13-24-14-12-20-18(23)9-11-19(3,4)5;1-15(2)7-6-8-16(20)10-13-22-14-12-19-17(21)9-11-18(3,4)5;1-11(2)8-14(18)9-13(10-15(19)12(3)4)16(20)17-6-7-21-5/h15H,6-14H2,1-5H3,(H,20,23);15H,6-14H2,1-5H3,(H,19,21);11-13H,6-10H2,1-5H3,(H,17,20). The maximum Gasteiger partial charge on any atom is 0.224 e. The van der Waals surface area contributed by atoms with E-state index in [2.05, 4.69) is 71.3 Å². The average molecular weight is 954 g/mol. The summed E-state index contributed by atoms with van der Waals surface area (Å²) in [7, 11) is 1.55. The highest BCUT2D eigenvalue weighted by Gasteiger charge is 2.26. The summed E-state index contributed by atoms with van der Waals surface area (Å²) in [5, 5.41) is 8.37. The summed E-state index contributed by atoms with van der Waals surface area (Å²) in [4.78, 5) is 93.8. The summed E-state index contributed by atoms with van der Waals surface area (Å²) in [5.74, 6) is 0.802. The number of rotatable bonds is 36. The maximum absolute atomic E-state index is 12.1. The molecular weight excluding hydrogens is 855 g/mol. The van der Waals surface area contributed by atoms with Gasteiger partial charge in [0.15, 0.2) is 0 Å². The number of methoxy groups -OCH3 is 1. The molecule has 0 aliphatic rings. The molecule has 0 spiro atoms. The van der Waals surface area contributed by atoms with Gasteiger partial charge in [-0.15, -0.1) is 0 Å². The van der Waals surface area contributed by atoms with Gasteiger partial charge in [0.1, 0.15) is 28.9 Å². The van der Waals surface area contributed by atoms with Crippen LogP contribution in [0.4, 0.5) is 0 Å². The zero-order valence-electron chi connectivity index (χ0n) is 45.1. The highest BCUT2D eigenvalue weighted by molar-refractivity contribution is 5.91. The summed E-state index contributed by atoms with van der Waals surface area (Å²) in [5.41, 5.74) is 0.345. The zero-order chi connectivity index (χ0) is 52.0. The molecule has 1 unspecified atom stereocenters. The third-order valence-electron chi connectivity index (χ3n) is 10.3. The minimum Gasteiger partial charge on any atom is -0.383 e. The molecule has 0 aromatic heterocycles. The third kappa shape index (κ3) is 50.3. The van der Waals surface area contributed by atoms with Crippen LogP contribution in [0.2, 0.25) is 0 Å². The molecule has 1 atom stereocenters.